The Morgan fingerprint density at radius 1 is 0.529 bits per heavy atom. The van der Waals surface area contributed by atoms with E-state index >= 15 is 0 Å². The van der Waals surface area contributed by atoms with Crippen LogP contribution in [0.4, 0.5) is 0 Å². The van der Waals surface area contributed by atoms with Crippen LogP contribution in [0.1, 0.15) is 200 Å². The third-order valence-corrected chi connectivity index (χ3v) is 10.1. The number of carboxylic acid groups (broad SMARTS) is 1. The Kier molecular flexibility index (Phi) is 34.4. The van der Waals surface area contributed by atoms with E-state index in [9.17, 15) is 23.8 Å². The Bertz CT molecular complexity index is 890. The van der Waals surface area contributed by atoms with Crippen LogP contribution in [0.5, 0.6) is 0 Å². The summed E-state index contributed by atoms with van der Waals surface area (Å²) >= 11 is 0. The van der Waals surface area contributed by atoms with Gasteiger partial charge in [0.05, 0.1) is 13.2 Å². The SMILES string of the molecule is CCCCCCCCCCCCCCCCCCCCCC(=O)O[C@@H](COC(=O)CCCCCCCCCC)COP(=O)(O)OC[C@H](N)C(=O)O. The number of unbranched alkanes of at least 4 members (excludes halogenated alkanes) is 25. The first kappa shape index (κ1) is 49.5. The molecule has 0 radical (unpaired) electrons. The molecule has 0 aliphatic carbocycles. The summed E-state index contributed by atoms with van der Waals surface area (Å²) in [6.07, 6.45) is 31.9. The van der Waals surface area contributed by atoms with Crippen LogP contribution in [0.2, 0.25) is 0 Å². The van der Waals surface area contributed by atoms with Gasteiger partial charge >= 0.3 is 25.7 Å². The zero-order chi connectivity index (χ0) is 37.8. The summed E-state index contributed by atoms with van der Waals surface area (Å²) in [5.74, 6) is -2.37. The van der Waals surface area contributed by atoms with Gasteiger partial charge in [-0.05, 0) is 12.8 Å². The number of rotatable bonds is 39. The molecule has 0 aromatic heterocycles. The molecule has 0 aromatic carbocycles. The van der Waals surface area contributed by atoms with Crippen LogP contribution in [-0.2, 0) is 37.5 Å². The molecule has 0 heterocycles. The molecule has 302 valence electrons. The van der Waals surface area contributed by atoms with E-state index in [1.54, 1.807) is 0 Å². The number of carbonyl (C=O) groups is 3. The number of carboxylic acids is 1. The predicted octanol–water partition coefficient (Wildman–Crippen LogP) is 10.3. The zero-order valence-electron chi connectivity index (χ0n) is 32.5. The molecule has 0 amide bonds. The molecule has 1 unspecified atom stereocenters. The maximum atomic E-state index is 12.6. The molecule has 51 heavy (non-hydrogen) atoms. The first-order valence-corrected chi connectivity index (χ1v) is 22.1. The van der Waals surface area contributed by atoms with E-state index in [4.69, 9.17) is 24.8 Å². The Morgan fingerprint density at radius 2 is 0.863 bits per heavy atom. The number of carbonyl (C=O) groups excluding carboxylic acids is 2. The molecule has 0 saturated heterocycles. The molecule has 11 nitrogen and oxygen atoms in total. The average molecular weight is 750 g/mol. The van der Waals surface area contributed by atoms with Gasteiger partial charge in [-0.1, -0.05) is 174 Å². The van der Waals surface area contributed by atoms with Crippen molar-refractivity contribution >= 4 is 25.7 Å². The molecule has 0 fully saturated rings. The molecule has 0 rings (SSSR count). The van der Waals surface area contributed by atoms with E-state index in [1.165, 1.54) is 122 Å². The topological polar surface area (TPSA) is 172 Å². The van der Waals surface area contributed by atoms with Gasteiger partial charge in [0.1, 0.15) is 12.6 Å². The third kappa shape index (κ3) is 35.3. The quantitative estimate of drug-likeness (QED) is 0.0310. The van der Waals surface area contributed by atoms with E-state index in [0.29, 0.717) is 12.8 Å². The summed E-state index contributed by atoms with van der Waals surface area (Å²) in [4.78, 5) is 45.7. The number of phosphoric ester groups is 1. The van der Waals surface area contributed by atoms with E-state index in [-0.39, 0.29) is 19.4 Å². The smallest absolute Gasteiger partial charge is 0.472 e. The summed E-state index contributed by atoms with van der Waals surface area (Å²) in [7, 11) is -4.70. The Labute approximate surface area is 310 Å². The molecule has 0 aliphatic heterocycles. The van der Waals surface area contributed by atoms with Crippen molar-refractivity contribution in [1.29, 1.82) is 0 Å². The summed E-state index contributed by atoms with van der Waals surface area (Å²) in [6.45, 7) is 2.78. The minimum absolute atomic E-state index is 0.169. The Hall–Kier alpha value is -1.52. The number of hydrogen-bond donors (Lipinski definition) is 3. The second-order valence-corrected chi connectivity index (χ2v) is 15.6. The van der Waals surface area contributed by atoms with Gasteiger partial charge in [0, 0.05) is 12.8 Å². The van der Waals surface area contributed by atoms with Crippen molar-refractivity contribution in [3.63, 3.8) is 0 Å². The third-order valence-electron chi connectivity index (χ3n) is 9.11. The minimum Gasteiger partial charge on any atom is -0.480 e. The second kappa shape index (κ2) is 35.5. The minimum atomic E-state index is -4.70. The van der Waals surface area contributed by atoms with Crippen LogP contribution in [-0.4, -0.2) is 59.9 Å². The number of ether oxygens (including phenoxy) is 2. The summed E-state index contributed by atoms with van der Waals surface area (Å²) < 4.78 is 32.5. The zero-order valence-corrected chi connectivity index (χ0v) is 33.4. The summed E-state index contributed by atoms with van der Waals surface area (Å²) in [5, 5.41) is 8.85. The van der Waals surface area contributed by atoms with Gasteiger partial charge in [0.15, 0.2) is 6.10 Å². The molecule has 4 N–H and O–H groups in total. The van der Waals surface area contributed by atoms with Crippen LogP contribution < -0.4 is 5.73 Å². The highest BCUT2D eigenvalue weighted by Crippen LogP contribution is 2.43. The first-order chi connectivity index (χ1) is 24.6. The molecule has 0 spiro atoms. The van der Waals surface area contributed by atoms with Crippen molar-refractivity contribution in [2.24, 2.45) is 5.73 Å². The van der Waals surface area contributed by atoms with E-state index in [1.807, 2.05) is 0 Å². The molecular weight excluding hydrogens is 673 g/mol. The number of nitrogens with two attached hydrogens (primary N) is 1. The number of esters is 2. The largest absolute Gasteiger partial charge is 0.480 e. The van der Waals surface area contributed by atoms with Crippen molar-refractivity contribution in [3.05, 3.63) is 0 Å². The molecule has 12 heteroatoms. The molecule has 0 bridgehead atoms. The summed E-state index contributed by atoms with van der Waals surface area (Å²) in [6, 6.07) is -1.51. The molecule has 0 aliphatic rings. The van der Waals surface area contributed by atoms with E-state index < -0.39 is 51.1 Å². The lowest BCUT2D eigenvalue weighted by Gasteiger charge is -2.20. The van der Waals surface area contributed by atoms with Crippen molar-refractivity contribution in [2.75, 3.05) is 19.8 Å². The maximum Gasteiger partial charge on any atom is 0.472 e. The number of phosphoric acid groups is 1. The Morgan fingerprint density at radius 3 is 1.24 bits per heavy atom. The van der Waals surface area contributed by atoms with Gasteiger partial charge in [0.2, 0.25) is 0 Å². The van der Waals surface area contributed by atoms with E-state index in [0.717, 1.165) is 38.5 Å². The molecular formula is C39H76NO10P. The highest BCUT2D eigenvalue weighted by molar-refractivity contribution is 7.47. The van der Waals surface area contributed by atoms with Crippen LogP contribution in [0.3, 0.4) is 0 Å². The van der Waals surface area contributed by atoms with Crippen LogP contribution in [0.15, 0.2) is 0 Å². The predicted molar refractivity (Wildman–Crippen MR) is 203 cm³/mol. The Balaban J connectivity index is 4.24. The van der Waals surface area contributed by atoms with Gasteiger partial charge in [-0.3, -0.25) is 23.4 Å². The standard InChI is InChI=1S/C39H76NO10P/c1-3-5-7-9-11-13-14-15-16-17-18-19-20-21-22-23-25-27-29-31-38(42)50-35(33-48-51(45,46)49-34-36(40)39(43)44)32-47-37(41)30-28-26-24-12-10-8-6-4-2/h35-36H,3-34,40H2,1-2H3,(H,43,44)(H,45,46)/t35-,36-/m0/s1. The van der Waals surface area contributed by atoms with Crippen molar-refractivity contribution in [2.45, 2.75) is 212 Å². The fourth-order valence-corrected chi connectivity index (χ4v) is 6.61. The monoisotopic (exact) mass is 750 g/mol. The first-order valence-electron chi connectivity index (χ1n) is 20.6. The lowest BCUT2D eigenvalue weighted by Crippen LogP contribution is -2.34. The van der Waals surface area contributed by atoms with Crippen molar-refractivity contribution in [3.8, 4) is 0 Å². The normalized spacial score (nSPS) is 13.8. The summed E-state index contributed by atoms with van der Waals surface area (Å²) in [5.41, 5.74) is 5.31. The molecule has 0 aromatic rings. The van der Waals surface area contributed by atoms with Gasteiger partial charge < -0.3 is 25.2 Å². The van der Waals surface area contributed by atoms with Gasteiger partial charge in [-0.25, -0.2) is 4.57 Å². The number of aliphatic carboxylic acids is 1. The van der Waals surface area contributed by atoms with Crippen LogP contribution in [0, 0.1) is 0 Å². The van der Waals surface area contributed by atoms with Crippen molar-refractivity contribution < 1.29 is 47.5 Å². The van der Waals surface area contributed by atoms with Gasteiger partial charge in [-0.15, -0.1) is 0 Å². The van der Waals surface area contributed by atoms with Gasteiger partial charge in [0.25, 0.3) is 0 Å². The van der Waals surface area contributed by atoms with Crippen molar-refractivity contribution in [1.82, 2.24) is 0 Å². The van der Waals surface area contributed by atoms with Gasteiger partial charge in [-0.2, -0.15) is 0 Å². The molecule has 3 atom stereocenters. The fraction of sp³-hybridized carbons (Fsp3) is 0.923. The maximum absolute atomic E-state index is 12.6. The molecule has 0 saturated carbocycles. The highest BCUT2D eigenvalue weighted by atomic mass is 31.2. The lowest BCUT2D eigenvalue weighted by molar-refractivity contribution is -0.161. The number of hydrogen-bond acceptors (Lipinski definition) is 9. The fourth-order valence-electron chi connectivity index (χ4n) is 5.83. The van der Waals surface area contributed by atoms with E-state index in [2.05, 4.69) is 18.4 Å². The second-order valence-electron chi connectivity index (χ2n) is 14.1. The van der Waals surface area contributed by atoms with Crippen LogP contribution >= 0.6 is 7.82 Å². The average Bonchev–Trinajstić information content (AvgIpc) is 3.10. The lowest BCUT2D eigenvalue weighted by atomic mass is 10.0. The van der Waals surface area contributed by atoms with Crippen LogP contribution in [0.25, 0.3) is 0 Å². The highest BCUT2D eigenvalue weighted by Gasteiger charge is 2.28.